The molecule has 2 nitrogen and oxygen atoms in total. The van der Waals surface area contributed by atoms with Crippen molar-refractivity contribution in [1.29, 1.82) is 0 Å². The van der Waals surface area contributed by atoms with E-state index in [1.807, 2.05) is 0 Å². The molecular formula is C9H15F6NO. The fourth-order valence-electron chi connectivity index (χ4n) is 1.20. The summed E-state index contributed by atoms with van der Waals surface area (Å²) in [7, 11) is 0. The Bertz CT molecular complexity index is 201. The zero-order valence-corrected chi connectivity index (χ0v) is 9.45. The quantitative estimate of drug-likeness (QED) is 0.747. The summed E-state index contributed by atoms with van der Waals surface area (Å²) in [4.78, 5) is 0. The van der Waals surface area contributed by atoms with E-state index in [1.165, 1.54) is 0 Å². The van der Waals surface area contributed by atoms with Crippen LogP contribution in [0.4, 0.5) is 26.3 Å². The Morgan fingerprint density at radius 1 is 1.00 bits per heavy atom. The summed E-state index contributed by atoms with van der Waals surface area (Å²) in [6.45, 7) is 3.17. The van der Waals surface area contributed by atoms with Crippen molar-refractivity contribution in [2.45, 2.75) is 44.8 Å². The Labute approximate surface area is 95.3 Å². The van der Waals surface area contributed by atoms with Crippen molar-refractivity contribution < 1.29 is 31.1 Å². The van der Waals surface area contributed by atoms with E-state index in [1.54, 1.807) is 13.8 Å². The van der Waals surface area contributed by atoms with Gasteiger partial charge < -0.3 is 10.1 Å². The summed E-state index contributed by atoms with van der Waals surface area (Å²) < 4.78 is 76.5. The van der Waals surface area contributed by atoms with Gasteiger partial charge in [-0.2, -0.15) is 26.3 Å². The second-order valence-electron chi connectivity index (χ2n) is 3.46. The Morgan fingerprint density at radius 3 is 1.76 bits per heavy atom. The van der Waals surface area contributed by atoms with Gasteiger partial charge in [0.2, 0.25) is 6.10 Å². The predicted octanol–water partition coefficient (Wildman–Crippen LogP) is 2.88. The Morgan fingerprint density at radius 2 is 1.47 bits per heavy atom. The molecule has 0 saturated carbocycles. The lowest BCUT2D eigenvalue weighted by atomic mass is 10.2. The standard InChI is InChI=1S/C9H15F6NO/c1-3-6(16-4-2)5-17-7(8(10,11)12)9(13,14)15/h6-7,16H,3-5H2,1-2H3. The van der Waals surface area contributed by atoms with Crippen LogP contribution in [0.3, 0.4) is 0 Å². The minimum Gasteiger partial charge on any atom is -0.359 e. The molecule has 1 N–H and O–H groups in total. The van der Waals surface area contributed by atoms with Crippen LogP contribution >= 0.6 is 0 Å². The first-order chi connectivity index (χ1) is 7.62. The molecule has 0 heterocycles. The van der Waals surface area contributed by atoms with Crippen molar-refractivity contribution in [3.05, 3.63) is 0 Å². The smallest absolute Gasteiger partial charge is 0.359 e. The Kier molecular flexibility index (Phi) is 6.25. The van der Waals surface area contributed by atoms with Crippen molar-refractivity contribution in [3.8, 4) is 0 Å². The molecule has 0 aliphatic heterocycles. The van der Waals surface area contributed by atoms with Gasteiger partial charge in [-0.05, 0) is 13.0 Å². The van der Waals surface area contributed by atoms with Gasteiger partial charge in [0.15, 0.2) is 0 Å². The predicted molar refractivity (Wildman–Crippen MR) is 49.6 cm³/mol. The largest absolute Gasteiger partial charge is 0.423 e. The molecule has 104 valence electrons. The first kappa shape index (κ1) is 16.5. The first-order valence-corrected chi connectivity index (χ1v) is 5.11. The van der Waals surface area contributed by atoms with Gasteiger partial charge in [-0.1, -0.05) is 13.8 Å². The third-order valence-electron chi connectivity index (χ3n) is 2.04. The molecule has 0 amide bonds. The number of halogens is 6. The summed E-state index contributed by atoms with van der Waals surface area (Å²) in [5.41, 5.74) is 0. The molecule has 0 rings (SSSR count). The highest BCUT2D eigenvalue weighted by Gasteiger charge is 2.58. The molecule has 0 aliphatic carbocycles. The molecule has 1 atom stereocenters. The minimum absolute atomic E-state index is 0.385. The van der Waals surface area contributed by atoms with Crippen LogP contribution in [0, 0.1) is 0 Å². The lowest BCUT2D eigenvalue weighted by Gasteiger charge is -2.25. The second-order valence-corrected chi connectivity index (χ2v) is 3.46. The first-order valence-electron chi connectivity index (χ1n) is 5.11. The number of nitrogens with one attached hydrogen (secondary N) is 1. The molecule has 0 aromatic carbocycles. The highest BCUT2D eigenvalue weighted by atomic mass is 19.4. The second kappa shape index (κ2) is 6.44. The maximum absolute atomic E-state index is 12.1. The molecule has 8 heteroatoms. The fourth-order valence-corrected chi connectivity index (χ4v) is 1.20. The molecule has 0 bridgehead atoms. The fraction of sp³-hybridized carbons (Fsp3) is 1.00. The highest BCUT2D eigenvalue weighted by molar-refractivity contribution is 4.77. The van der Waals surface area contributed by atoms with Crippen molar-refractivity contribution in [2.75, 3.05) is 13.2 Å². The SMILES string of the molecule is CCNC(CC)COC(C(F)(F)F)C(F)(F)F. The summed E-state index contributed by atoms with van der Waals surface area (Å²) >= 11 is 0. The summed E-state index contributed by atoms with van der Waals surface area (Å²) in [5.74, 6) is 0. The summed E-state index contributed by atoms with van der Waals surface area (Å²) in [6, 6.07) is -0.521. The average Bonchev–Trinajstić information content (AvgIpc) is 2.12. The van der Waals surface area contributed by atoms with Crippen LogP contribution in [-0.4, -0.2) is 37.7 Å². The van der Waals surface area contributed by atoms with Crippen LogP contribution in [0.25, 0.3) is 0 Å². The Balaban J connectivity index is 4.46. The average molecular weight is 267 g/mol. The molecule has 0 aromatic rings. The van der Waals surface area contributed by atoms with Crippen LogP contribution < -0.4 is 5.32 Å². The van der Waals surface area contributed by atoms with Crippen molar-refractivity contribution >= 4 is 0 Å². The third kappa shape index (κ3) is 6.11. The van der Waals surface area contributed by atoms with Gasteiger partial charge in [-0.3, -0.25) is 0 Å². The number of ether oxygens (including phenoxy) is 1. The van der Waals surface area contributed by atoms with E-state index in [9.17, 15) is 26.3 Å². The minimum atomic E-state index is -5.44. The van der Waals surface area contributed by atoms with Crippen molar-refractivity contribution in [1.82, 2.24) is 5.32 Å². The van der Waals surface area contributed by atoms with Crippen LogP contribution in [-0.2, 0) is 4.74 Å². The Hall–Kier alpha value is -0.500. The molecule has 0 aliphatic rings. The van der Waals surface area contributed by atoms with E-state index in [4.69, 9.17) is 0 Å². The lowest BCUT2D eigenvalue weighted by Crippen LogP contribution is -2.46. The van der Waals surface area contributed by atoms with Crippen LogP contribution in [0.15, 0.2) is 0 Å². The number of hydrogen-bond acceptors (Lipinski definition) is 2. The highest BCUT2D eigenvalue weighted by Crippen LogP contribution is 2.35. The summed E-state index contributed by atoms with van der Waals surface area (Å²) in [6.07, 6.45) is -14.2. The molecule has 0 radical (unpaired) electrons. The van der Waals surface area contributed by atoms with Gasteiger partial charge >= 0.3 is 12.4 Å². The van der Waals surface area contributed by atoms with Gasteiger partial charge in [0.1, 0.15) is 0 Å². The van der Waals surface area contributed by atoms with E-state index in [0.717, 1.165) is 0 Å². The van der Waals surface area contributed by atoms with E-state index < -0.39 is 31.1 Å². The van der Waals surface area contributed by atoms with E-state index in [0.29, 0.717) is 13.0 Å². The van der Waals surface area contributed by atoms with Gasteiger partial charge in [0.05, 0.1) is 6.61 Å². The number of rotatable bonds is 6. The van der Waals surface area contributed by atoms with Gasteiger partial charge in [0, 0.05) is 6.04 Å². The van der Waals surface area contributed by atoms with Gasteiger partial charge in [-0.15, -0.1) is 0 Å². The summed E-state index contributed by atoms with van der Waals surface area (Å²) in [5, 5.41) is 2.73. The molecule has 1 unspecified atom stereocenters. The van der Waals surface area contributed by atoms with Crippen LogP contribution in [0.2, 0.25) is 0 Å². The maximum Gasteiger partial charge on any atom is 0.423 e. The van der Waals surface area contributed by atoms with E-state index in [-0.39, 0.29) is 0 Å². The lowest BCUT2D eigenvalue weighted by molar-refractivity contribution is -0.322. The number of likely N-dealkylation sites (N-methyl/N-ethyl adjacent to an activating group) is 1. The number of hydrogen-bond donors (Lipinski definition) is 1. The molecule has 0 fully saturated rings. The number of alkyl halides is 6. The topological polar surface area (TPSA) is 21.3 Å². The van der Waals surface area contributed by atoms with Gasteiger partial charge in [0.25, 0.3) is 0 Å². The van der Waals surface area contributed by atoms with Crippen LogP contribution in [0.1, 0.15) is 20.3 Å². The zero-order chi connectivity index (χ0) is 13.7. The van der Waals surface area contributed by atoms with Gasteiger partial charge in [-0.25, -0.2) is 0 Å². The van der Waals surface area contributed by atoms with Crippen LogP contribution in [0.5, 0.6) is 0 Å². The van der Waals surface area contributed by atoms with Crippen molar-refractivity contribution in [3.63, 3.8) is 0 Å². The normalized spacial score (nSPS) is 15.4. The molecular weight excluding hydrogens is 252 g/mol. The van der Waals surface area contributed by atoms with Crippen molar-refractivity contribution in [2.24, 2.45) is 0 Å². The molecule has 0 saturated heterocycles. The zero-order valence-electron chi connectivity index (χ0n) is 9.45. The van der Waals surface area contributed by atoms with E-state index in [2.05, 4.69) is 10.1 Å². The monoisotopic (exact) mass is 267 g/mol. The molecule has 17 heavy (non-hydrogen) atoms. The van der Waals surface area contributed by atoms with E-state index >= 15 is 0 Å². The molecule has 0 spiro atoms. The third-order valence-corrected chi connectivity index (χ3v) is 2.04. The maximum atomic E-state index is 12.1. The molecule has 0 aromatic heterocycles.